The zero-order chi connectivity index (χ0) is 12.3. The third-order valence-corrected chi connectivity index (χ3v) is 3.94. The summed E-state index contributed by atoms with van der Waals surface area (Å²) in [5.41, 5.74) is 5.79. The summed E-state index contributed by atoms with van der Waals surface area (Å²) in [4.78, 5) is 13.9. The molecule has 0 aromatic carbocycles. The molecule has 1 saturated carbocycles. The van der Waals surface area contributed by atoms with Gasteiger partial charge in [-0.2, -0.15) is 5.26 Å². The van der Waals surface area contributed by atoms with Crippen LogP contribution >= 0.6 is 0 Å². The molecule has 1 aliphatic carbocycles. The average molecular weight is 237 g/mol. The lowest BCUT2D eigenvalue weighted by Gasteiger charge is -2.42. The van der Waals surface area contributed by atoms with Crippen LogP contribution in [0.5, 0.6) is 0 Å². The molecule has 94 valence electrons. The summed E-state index contributed by atoms with van der Waals surface area (Å²) < 4.78 is 5.22. The van der Waals surface area contributed by atoms with E-state index in [1.165, 1.54) is 6.42 Å². The van der Waals surface area contributed by atoms with Gasteiger partial charge in [-0.15, -0.1) is 0 Å². The molecule has 2 N–H and O–H groups in total. The molecule has 0 radical (unpaired) electrons. The third kappa shape index (κ3) is 2.59. The van der Waals surface area contributed by atoms with Crippen molar-refractivity contribution in [2.45, 2.75) is 31.8 Å². The van der Waals surface area contributed by atoms with Gasteiger partial charge in [-0.1, -0.05) is 6.42 Å². The summed E-state index contributed by atoms with van der Waals surface area (Å²) in [5.74, 6) is 0.124. The standard InChI is InChI=1S/C12H19N3O2/c13-7-10-8-15(4-5-17-10)11(16)6-12(9-14)2-1-3-12/h10H,1-6,8-9,14H2. The lowest BCUT2D eigenvalue weighted by Crippen LogP contribution is -2.48. The minimum absolute atomic E-state index is 0.0392. The largest absolute Gasteiger partial charge is 0.360 e. The highest BCUT2D eigenvalue weighted by Gasteiger charge is 2.39. The molecule has 0 bridgehead atoms. The molecule has 1 saturated heterocycles. The van der Waals surface area contributed by atoms with Crippen LogP contribution in [0, 0.1) is 16.7 Å². The second-order valence-corrected chi connectivity index (χ2v) is 5.06. The van der Waals surface area contributed by atoms with Crippen molar-refractivity contribution >= 4 is 5.91 Å². The molecule has 1 amide bonds. The molecule has 0 aromatic heterocycles. The van der Waals surface area contributed by atoms with E-state index in [1.807, 2.05) is 0 Å². The van der Waals surface area contributed by atoms with Gasteiger partial charge in [-0.05, 0) is 24.8 Å². The molecule has 1 unspecified atom stereocenters. The SMILES string of the molecule is N#CC1CN(C(=O)CC2(CN)CCC2)CCO1. The number of morpholine rings is 1. The number of hydrogen-bond acceptors (Lipinski definition) is 4. The normalized spacial score (nSPS) is 27.1. The van der Waals surface area contributed by atoms with Gasteiger partial charge in [0, 0.05) is 13.0 Å². The molecule has 5 heteroatoms. The summed E-state index contributed by atoms with van der Waals surface area (Å²) in [6, 6.07) is 2.05. The number of nitriles is 1. The number of amides is 1. The second-order valence-electron chi connectivity index (χ2n) is 5.06. The van der Waals surface area contributed by atoms with Crippen molar-refractivity contribution in [1.29, 1.82) is 5.26 Å². The third-order valence-electron chi connectivity index (χ3n) is 3.94. The fourth-order valence-electron chi connectivity index (χ4n) is 2.52. The fourth-order valence-corrected chi connectivity index (χ4v) is 2.52. The molecule has 0 spiro atoms. The van der Waals surface area contributed by atoms with Gasteiger partial charge in [0.1, 0.15) is 0 Å². The van der Waals surface area contributed by atoms with Gasteiger partial charge in [-0.25, -0.2) is 0 Å². The average Bonchev–Trinajstić information content (AvgIpc) is 2.33. The first-order valence-electron chi connectivity index (χ1n) is 6.18. The zero-order valence-electron chi connectivity index (χ0n) is 10.0. The Morgan fingerprint density at radius 1 is 1.59 bits per heavy atom. The number of hydrogen-bond donors (Lipinski definition) is 1. The lowest BCUT2D eigenvalue weighted by molar-refractivity contribution is -0.140. The first-order valence-corrected chi connectivity index (χ1v) is 6.18. The quantitative estimate of drug-likeness (QED) is 0.763. The van der Waals surface area contributed by atoms with Crippen molar-refractivity contribution < 1.29 is 9.53 Å². The van der Waals surface area contributed by atoms with Crippen LogP contribution in [-0.2, 0) is 9.53 Å². The Morgan fingerprint density at radius 2 is 2.35 bits per heavy atom. The predicted molar refractivity (Wildman–Crippen MR) is 61.9 cm³/mol. The van der Waals surface area contributed by atoms with Gasteiger partial charge in [0.2, 0.25) is 5.91 Å². The topological polar surface area (TPSA) is 79.4 Å². The Hall–Kier alpha value is -1.12. The summed E-state index contributed by atoms with van der Waals surface area (Å²) in [7, 11) is 0. The van der Waals surface area contributed by atoms with Crippen molar-refractivity contribution in [1.82, 2.24) is 4.90 Å². The zero-order valence-corrected chi connectivity index (χ0v) is 10.0. The van der Waals surface area contributed by atoms with E-state index in [9.17, 15) is 4.79 Å². The van der Waals surface area contributed by atoms with Gasteiger partial charge in [0.25, 0.3) is 0 Å². The van der Waals surface area contributed by atoms with E-state index in [4.69, 9.17) is 15.7 Å². The Balaban J connectivity index is 1.89. The number of carbonyl (C=O) groups excluding carboxylic acids is 1. The van der Waals surface area contributed by atoms with Crippen LogP contribution in [0.2, 0.25) is 0 Å². The van der Waals surface area contributed by atoms with Crippen LogP contribution in [-0.4, -0.2) is 43.2 Å². The molecule has 5 nitrogen and oxygen atoms in total. The first-order chi connectivity index (χ1) is 8.19. The summed E-state index contributed by atoms with van der Waals surface area (Å²) in [6.45, 7) is 2.04. The molecule has 2 rings (SSSR count). The highest BCUT2D eigenvalue weighted by atomic mass is 16.5. The van der Waals surface area contributed by atoms with E-state index in [2.05, 4.69) is 6.07 Å². The molecule has 0 aromatic rings. The van der Waals surface area contributed by atoms with Crippen LogP contribution in [0.15, 0.2) is 0 Å². The van der Waals surface area contributed by atoms with Crippen LogP contribution in [0.3, 0.4) is 0 Å². The van der Waals surface area contributed by atoms with E-state index in [1.54, 1.807) is 4.90 Å². The van der Waals surface area contributed by atoms with Gasteiger partial charge < -0.3 is 15.4 Å². The summed E-state index contributed by atoms with van der Waals surface area (Å²) in [5, 5.41) is 8.79. The molecule has 1 aliphatic heterocycles. The van der Waals surface area contributed by atoms with Crippen LogP contribution in [0.4, 0.5) is 0 Å². The molecule has 1 atom stereocenters. The van der Waals surface area contributed by atoms with Crippen molar-refractivity contribution in [2.24, 2.45) is 11.1 Å². The second kappa shape index (κ2) is 5.03. The Morgan fingerprint density at radius 3 is 2.88 bits per heavy atom. The van der Waals surface area contributed by atoms with Gasteiger partial charge in [0.05, 0.1) is 19.2 Å². The van der Waals surface area contributed by atoms with Crippen molar-refractivity contribution in [3.05, 3.63) is 0 Å². The van der Waals surface area contributed by atoms with Crippen molar-refractivity contribution in [3.8, 4) is 6.07 Å². The number of nitrogens with two attached hydrogens (primary N) is 1. The van der Waals surface area contributed by atoms with E-state index in [-0.39, 0.29) is 11.3 Å². The lowest BCUT2D eigenvalue weighted by atomic mass is 9.66. The van der Waals surface area contributed by atoms with Gasteiger partial charge in [-0.3, -0.25) is 4.79 Å². The molecular formula is C12H19N3O2. The van der Waals surface area contributed by atoms with E-state index in [0.29, 0.717) is 32.7 Å². The van der Waals surface area contributed by atoms with Crippen LogP contribution in [0.25, 0.3) is 0 Å². The maximum Gasteiger partial charge on any atom is 0.223 e. The maximum atomic E-state index is 12.1. The summed E-state index contributed by atoms with van der Waals surface area (Å²) >= 11 is 0. The smallest absolute Gasteiger partial charge is 0.223 e. The maximum absolute atomic E-state index is 12.1. The number of nitrogens with zero attached hydrogens (tertiary/aromatic N) is 2. The molecule has 2 fully saturated rings. The number of rotatable bonds is 3. The highest BCUT2D eigenvalue weighted by molar-refractivity contribution is 5.77. The minimum Gasteiger partial charge on any atom is -0.360 e. The Labute approximate surface area is 102 Å². The first kappa shape index (κ1) is 12.3. The highest BCUT2D eigenvalue weighted by Crippen LogP contribution is 2.43. The molecule has 2 aliphatic rings. The van der Waals surface area contributed by atoms with E-state index >= 15 is 0 Å². The van der Waals surface area contributed by atoms with Crippen LogP contribution in [0.1, 0.15) is 25.7 Å². The molecular weight excluding hydrogens is 218 g/mol. The van der Waals surface area contributed by atoms with Crippen molar-refractivity contribution in [3.63, 3.8) is 0 Å². The van der Waals surface area contributed by atoms with Crippen LogP contribution < -0.4 is 5.73 Å². The van der Waals surface area contributed by atoms with E-state index < -0.39 is 6.10 Å². The van der Waals surface area contributed by atoms with Gasteiger partial charge >= 0.3 is 0 Å². The fraction of sp³-hybridized carbons (Fsp3) is 0.833. The Kier molecular flexibility index (Phi) is 3.65. The van der Waals surface area contributed by atoms with E-state index in [0.717, 1.165) is 12.8 Å². The monoisotopic (exact) mass is 237 g/mol. The predicted octanol–water partition coefficient (Wildman–Crippen LogP) is 0.256. The minimum atomic E-state index is -0.470. The van der Waals surface area contributed by atoms with Crippen molar-refractivity contribution in [2.75, 3.05) is 26.2 Å². The Bertz CT molecular complexity index is 328. The van der Waals surface area contributed by atoms with Gasteiger partial charge in [0.15, 0.2) is 6.10 Å². The number of carbonyl (C=O) groups is 1. The summed E-state index contributed by atoms with van der Waals surface area (Å²) in [6.07, 6.45) is 3.35. The molecule has 17 heavy (non-hydrogen) atoms. The molecule has 1 heterocycles. The number of ether oxygens (including phenoxy) is 1.